The molecule has 1 aromatic heterocycles. The van der Waals surface area contributed by atoms with Gasteiger partial charge in [0, 0.05) is 11.6 Å². The SMILES string of the molecule is COC(=O)c1ccccc1NC(=O)CNc1cccc2cccnc12. The first-order chi connectivity index (χ1) is 12.2. The molecule has 126 valence electrons. The Morgan fingerprint density at radius 1 is 1.00 bits per heavy atom. The van der Waals surface area contributed by atoms with Crippen LogP contribution in [0.1, 0.15) is 10.4 Å². The van der Waals surface area contributed by atoms with Crippen LogP contribution in [0.2, 0.25) is 0 Å². The molecular weight excluding hydrogens is 318 g/mol. The van der Waals surface area contributed by atoms with Gasteiger partial charge in [0.2, 0.25) is 5.91 Å². The fraction of sp³-hybridized carbons (Fsp3) is 0.105. The molecule has 0 aliphatic carbocycles. The molecule has 6 heteroatoms. The lowest BCUT2D eigenvalue weighted by atomic mass is 10.1. The summed E-state index contributed by atoms with van der Waals surface area (Å²) >= 11 is 0. The maximum absolute atomic E-state index is 12.2. The Balaban J connectivity index is 1.71. The van der Waals surface area contributed by atoms with E-state index in [1.165, 1.54) is 7.11 Å². The third-order valence-electron chi connectivity index (χ3n) is 3.68. The highest BCUT2D eigenvalue weighted by Crippen LogP contribution is 2.20. The van der Waals surface area contributed by atoms with Crippen LogP contribution in [-0.2, 0) is 9.53 Å². The number of rotatable bonds is 5. The minimum Gasteiger partial charge on any atom is -0.465 e. The Hall–Kier alpha value is -3.41. The summed E-state index contributed by atoms with van der Waals surface area (Å²) in [5, 5.41) is 6.79. The van der Waals surface area contributed by atoms with E-state index in [4.69, 9.17) is 4.74 Å². The van der Waals surface area contributed by atoms with E-state index >= 15 is 0 Å². The Morgan fingerprint density at radius 2 is 1.76 bits per heavy atom. The predicted octanol–water partition coefficient (Wildman–Crippen LogP) is 3.07. The van der Waals surface area contributed by atoms with Crippen molar-refractivity contribution in [3.05, 3.63) is 66.4 Å². The molecule has 3 rings (SSSR count). The highest BCUT2D eigenvalue weighted by atomic mass is 16.5. The first-order valence-corrected chi connectivity index (χ1v) is 7.74. The Morgan fingerprint density at radius 3 is 2.60 bits per heavy atom. The van der Waals surface area contributed by atoms with Gasteiger partial charge in [0.15, 0.2) is 0 Å². The number of pyridine rings is 1. The molecule has 0 spiro atoms. The summed E-state index contributed by atoms with van der Waals surface area (Å²) < 4.78 is 4.72. The summed E-state index contributed by atoms with van der Waals surface area (Å²) in [5.74, 6) is -0.772. The van der Waals surface area contributed by atoms with Crippen LogP contribution in [0.25, 0.3) is 10.9 Å². The van der Waals surface area contributed by atoms with E-state index in [9.17, 15) is 9.59 Å². The lowest BCUT2D eigenvalue weighted by molar-refractivity contribution is -0.114. The van der Waals surface area contributed by atoms with Crippen LogP contribution in [0.3, 0.4) is 0 Å². The molecule has 2 N–H and O–H groups in total. The molecule has 0 aliphatic heterocycles. The maximum atomic E-state index is 12.2. The summed E-state index contributed by atoms with van der Waals surface area (Å²) in [7, 11) is 1.30. The van der Waals surface area contributed by atoms with Crippen molar-refractivity contribution in [2.24, 2.45) is 0 Å². The largest absolute Gasteiger partial charge is 0.465 e. The Kier molecular flexibility index (Phi) is 4.89. The lowest BCUT2D eigenvalue weighted by Gasteiger charge is -2.11. The number of carbonyl (C=O) groups is 2. The fourth-order valence-corrected chi connectivity index (χ4v) is 2.50. The number of benzene rings is 2. The summed E-state index contributed by atoms with van der Waals surface area (Å²) in [4.78, 5) is 28.3. The zero-order chi connectivity index (χ0) is 17.6. The van der Waals surface area contributed by atoms with E-state index in [1.807, 2.05) is 30.3 Å². The fourth-order valence-electron chi connectivity index (χ4n) is 2.50. The minimum absolute atomic E-state index is 0.0468. The number of amides is 1. The van der Waals surface area contributed by atoms with Crippen LogP contribution in [0, 0.1) is 0 Å². The van der Waals surface area contributed by atoms with Gasteiger partial charge in [-0.2, -0.15) is 0 Å². The number of esters is 1. The van der Waals surface area contributed by atoms with E-state index in [0.29, 0.717) is 11.3 Å². The summed E-state index contributed by atoms with van der Waals surface area (Å²) in [6, 6.07) is 16.3. The summed E-state index contributed by atoms with van der Waals surface area (Å²) in [5.41, 5.74) is 2.30. The molecule has 1 amide bonds. The number of fused-ring (bicyclic) bond motifs is 1. The van der Waals surface area contributed by atoms with Gasteiger partial charge in [0.05, 0.1) is 36.1 Å². The number of ether oxygens (including phenoxy) is 1. The quantitative estimate of drug-likeness (QED) is 0.701. The number of anilines is 2. The molecule has 0 bridgehead atoms. The van der Waals surface area contributed by atoms with Crippen LogP contribution in [0.15, 0.2) is 60.8 Å². The number of para-hydroxylation sites is 2. The van der Waals surface area contributed by atoms with E-state index in [-0.39, 0.29) is 12.5 Å². The molecule has 0 aliphatic rings. The van der Waals surface area contributed by atoms with Gasteiger partial charge in [-0.05, 0) is 24.3 Å². The Bertz CT molecular complexity index is 919. The zero-order valence-electron chi connectivity index (χ0n) is 13.7. The number of nitrogens with zero attached hydrogens (tertiary/aromatic N) is 1. The standard InChI is InChI=1S/C19H17N3O3/c1-25-19(24)14-8-2-3-9-15(14)22-17(23)12-21-16-10-4-6-13-7-5-11-20-18(13)16/h2-11,21H,12H2,1H3,(H,22,23). The molecule has 0 radical (unpaired) electrons. The number of carbonyl (C=O) groups excluding carboxylic acids is 2. The van der Waals surface area contributed by atoms with Gasteiger partial charge in [-0.25, -0.2) is 4.79 Å². The second-order valence-corrected chi connectivity index (χ2v) is 5.32. The van der Waals surface area contributed by atoms with Crippen molar-refractivity contribution in [1.82, 2.24) is 4.98 Å². The first-order valence-electron chi connectivity index (χ1n) is 7.74. The highest BCUT2D eigenvalue weighted by molar-refractivity contribution is 6.02. The maximum Gasteiger partial charge on any atom is 0.339 e. The number of aromatic nitrogens is 1. The smallest absolute Gasteiger partial charge is 0.339 e. The molecule has 1 heterocycles. The molecule has 0 unspecified atom stereocenters. The highest BCUT2D eigenvalue weighted by Gasteiger charge is 2.13. The Labute approximate surface area is 144 Å². The molecule has 2 aromatic carbocycles. The lowest BCUT2D eigenvalue weighted by Crippen LogP contribution is -2.23. The molecular formula is C19H17N3O3. The van der Waals surface area contributed by atoms with Crippen molar-refractivity contribution in [2.75, 3.05) is 24.3 Å². The third kappa shape index (κ3) is 3.74. The molecule has 0 saturated heterocycles. The van der Waals surface area contributed by atoms with E-state index < -0.39 is 5.97 Å². The van der Waals surface area contributed by atoms with Gasteiger partial charge < -0.3 is 15.4 Å². The molecule has 0 saturated carbocycles. The molecule has 0 fully saturated rings. The van der Waals surface area contributed by atoms with Gasteiger partial charge in [-0.1, -0.05) is 30.3 Å². The van der Waals surface area contributed by atoms with Crippen molar-refractivity contribution in [2.45, 2.75) is 0 Å². The van der Waals surface area contributed by atoms with Crippen molar-refractivity contribution in [1.29, 1.82) is 0 Å². The predicted molar refractivity (Wildman–Crippen MR) is 96.6 cm³/mol. The number of hydrogen-bond acceptors (Lipinski definition) is 5. The van der Waals surface area contributed by atoms with E-state index in [2.05, 4.69) is 15.6 Å². The molecule has 25 heavy (non-hydrogen) atoms. The van der Waals surface area contributed by atoms with E-state index in [1.54, 1.807) is 30.5 Å². The zero-order valence-corrected chi connectivity index (χ0v) is 13.7. The third-order valence-corrected chi connectivity index (χ3v) is 3.68. The van der Waals surface area contributed by atoms with Gasteiger partial charge in [0.25, 0.3) is 0 Å². The second-order valence-electron chi connectivity index (χ2n) is 5.32. The van der Waals surface area contributed by atoms with Gasteiger partial charge >= 0.3 is 5.97 Å². The number of methoxy groups -OCH3 is 1. The monoisotopic (exact) mass is 335 g/mol. The van der Waals surface area contributed by atoms with Crippen LogP contribution >= 0.6 is 0 Å². The van der Waals surface area contributed by atoms with Gasteiger partial charge in [-0.15, -0.1) is 0 Å². The summed E-state index contributed by atoms with van der Waals surface area (Å²) in [6.45, 7) is 0.0468. The minimum atomic E-state index is -0.498. The van der Waals surface area contributed by atoms with Gasteiger partial charge in [0.1, 0.15) is 0 Å². The normalized spacial score (nSPS) is 10.3. The average Bonchev–Trinajstić information content (AvgIpc) is 2.66. The molecule has 0 atom stereocenters. The second kappa shape index (κ2) is 7.44. The summed E-state index contributed by atoms with van der Waals surface area (Å²) in [6.07, 6.45) is 1.71. The van der Waals surface area contributed by atoms with Crippen molar-refractivity contribution in [3.8, 4) is 0 Å². The molecule has 6 nitrogen and oxygen atoms in total. The van der Waals surface area contributed by atoms with Crippen molar-refractivity contribution in [3.63, 3.8) is 0 Å². The topological polar surface area (TPSA) is 80.3 Å². The molecule has 3 aromatic rings. The van der Waals surface area contributed by atoms with Crippen molar-refractivity contribution < 1.29 is 14.3 Å². The van der Waals surface area contributed by atoms with Crippen LogP contribution < -0.4 is 10.6 Å². The van der Waals surface area contributed by atoms with Crippen LogP contribution in [-0.4, -0.2) is 30.5 Å². The average molecular weight is 335 g/mol. The van der Waals surface area contributed by atoms with Crippen molar-refractivity contribution >= 4 is 34.2 Å². The first kappa shape index (κ1) is 16.4. The van der Waals surface area contributed by atoms with E-state index in [0.717, 1.165) is 16.6 Å². The number of nitrogens with one attached hydrogen (secondary N) is 2. The van der Waals surface area contributed by atoms with Gasteiger partial charge in [-0.3, -0.25) is 9.78 Å². The van der Waals surface area contributed by atoms with Crippen LogP contribution in [0.4, 0.5) is 11.4 Å². The number of hydrogen-bond donors (Lipinski definition) is 2. The van der Waals surface area contributed by atoms with Crippen LogP contribution in [0.5, 0.6) is 0 Å².